The normalized spacial score (nSPS) is 16.9. The first-order valence-electron chi connectivity index (χ1n) is 7.60. The molecule has 1 aromatic carbocycles. The van der Waals surface area contributed by atoms with Gasteiger partial charge in [0.25, 0.3) is 0 Å². The van der Waals surface area contributed by atoms with Gasteiger partial charge in [-0.1, -0.05) is 23.7 Å². The first kappa shape index (κ1) is 16.4. The minimum absolute atomic E-state index is 0.164. The number of benzene rings is 1. The lowest BCUT2D eigenvalue weighted by atomic mass is 10.3. The van der Waals surface area contributed by atoms with E-state index in [1.165, 1.54) is 6.07 Å². The monoisotopic (exact) mass is 348 g/mol. The molecule has 6 nitrogen and oxygen atoms in total. The smallest absolute Gasteiger partial charge is 0.339 e. The van der Waals surface area contributed by atoms with E-state index in [4.69, 9.17) is 20.8 Å². The van der Waals surface area contributed by atoms with Gasteiger partial charge in [0.1, 0.15) is 17.6 Å². The van der Waals surface area contributed by atoms with E-state index >= 15 is 0 Å². The summed E-state index contributed by atoms with van der Waals surface area (Å²) in [6.07, 6.45) is 0.526. The van der Waals surface area contributed by atoms with Crippen molar-refractivity contribution in [2.75, 3.05) is 18.4 Å². The van der Waals surface area contributed by atoms with Gasteiger partial charge in [-0.3, -0.25) is 0 Å². The summed E-state index contributed by atoms with van der Waals surface area (Å²) in [6.45, 7) is 2.70. The van der Waals surface area contributed by atoms with E-state index in [0.717, 1.165) is 0 Å². The van der Waals surface area contributed by atoms with Crippen LogP contribution in [0.25, 0.3) is 0 Å². The Kier molecular flexibility index (Phi) is 4.76. The van der Waals surface area contributed by atoms with Crippen LogP contribution < -0.4 is 15.7 Å². The first-order valence-corrected chi connectivity index (χ1v) is 7.98. The zero-order chi connectivity index (χ0) is 17.1. The molecule has 2 amide bonds. The lowest BCUT2D eigenvalue weighted by molar-refractivity contribution is 0.193. The molecule has 0 aliphatic carbocycles. The predicted octanol–water partition coefficient (Wildman–Crippen LogP) is 3.29. The highest BCUT2D eigenvalue weighted by atomic mass is 35.5. The summed E-state index contributed by atoms with van der Waals surface area (Å²) in [5.41, 5.74) is 0.126. The van der Waals surface area contributed by atoms with Gasteiger partial charge in [0.2, 0.25) is 0 Å². The maximum Gasteiger partial charge on any atom is 0.339 e. The van der Waals surface area contributed by atoms with Crippen LogP contribution in [0.5, 0.6) is 5.75 Å². The molecule has 0 unspecified atom stereocenters. The van der Waals surface area contributed by atoms with Crippen LogP contribution in [0.1, 0.15) is 12.2 Å². The summed E-state index contributed by atoms with van der Waals surface area (Å²) in [5, 5.41) is 3.28. The Morgan fingerprint density at radius 1 is 1.38 bits per heavy atom. The van der Waals surface area contributed by atoms with Crippen molar-refractivity contribution in [3.05, 3.63) is 57.6 Å². The SMILES string of the molecule is Cc1cc(O[C@H]2CCN(C(=O)Nc3ccccc3Cl)C2)cc(=O)o1. The number of anilines is 1. The minimum atomic E-state index is -0.448. The molecule has 0 spiro atoms. The summed E-state index contributed by atoms with van der Waals surface area (Å²) in [5.74, 6) is 0.950. The zero-order valence-corrected chi connectivity index (χ0v) is 13.9. The number of hydrogen-bond donors (Lipinski definition) is 1. The fourth-order valence-electron chi connectivity index (χ4n) is 2.60. The molecule has 3 rings (SSSR count). The number of ether oxygens (including phenoxy) is 1. The third-order valence-electron chi connectivity index (χ3n) is 3.72. The Balaban J connectivity index is 1.59. The Morgan fingerprint density at radius 2 is 2.17 bits per heavy atom. The Labute approximate surface area is 144 Å². The third-order valence-corrected chi connectivity index (χ3v) is 4.05. The highest BCUT2D eigenvalue weighted by Gasteiger charge is 2.28. The summed E-state index contributed by atoms with van der Waals surface area (Å²) < 4.78 is 10.7. The number of hydrogen-bond acceptors (Lipinski definition) is 4. The third kappa shape index (κ3) is 3.89. The van der Waals surface area contributed by atoms with Gasteiger partial charge in [0.05, 0.1) is 23.3 Å². The van der Waals surface area contributed by atoms with E-state index in [9.17, 15) is 9.59 Å². The van der Waals surface area contributed by atoms with Crippen molar-refractivity contribution in [3.63, 3.8) is 0 Å². The molecule has 1 atom stereocenters. The fraction of sp³-hybridized carbons (Fsp3) is 0.294. The lowest BCUT2D eigenvalue weighted by Crippen LogP contribution is -2.34. The van der Waals surface area contributed by atoms with Crippen molar-refractivity contribution in [1.82, 2.24) is 4.90 Å². The highest BCUT2D eigenvalue weighted by Crippen LogP contribution is 2.23. The number of aryl methyl sites for hydroxylation is 1. The van der Waals surface area contributed by atoms with Crippen LogP contribution in [-0.2, 0) is 0 Å². The lowest BCUT2D eigenvalue weighted by Gasteiger charge is -2.18. The van der Waals surface area contributed by atoms with Crippen LogP contribution in [0, 0.1) is 6.92 Å². The quantitative estimate of drug-likeness (QED) is 0.923. The molecular weight excluding hydrogens is 332 g/mol. The average Bonchev–Trinajstić information content (AvgIpc) is 2.97. The van der Waals surface area contributed by atoms with Gasteiger partial charge in [-0.25, -0.2) is 9.59 Å². The number of carbonyl (C=O) groups is 1. The number of halogens is 1. The van der Waals surface area contributed by atoms with Crippen molar-refractivity contribution >= 4 is 23.3 Å². The number of urea groups is 1. The molecule has 1 N–H and O–H groups in total. The van der Waals surface area contributed by atoms with Crippen molar-refractivity contribution in [3.8, 4) is 5.75 Å². The van der Waals surface area contributed by atoms with E-state index in [1.54, 1.807) is 42.2 Å². The van der Waals surface area contributed by atoms with E-state index in [-0.39, 0.29) is 12.1 Å². The second-order valence-corrected chi connectivity index (χ2v) is 6.01. The van der Waals surface area contributed by atoms with Crippen LogP contribution in [0.4, 0.5) is 10.5 Å². The summed E-state index contributed by atoms with van der Waals surface area (Å²) in [6, 6.07) is 9.81. The molecule has 1 aliphatic heterocycles. The molecule has 126 valence electrons. The standard InChI is InChI=1S/C17H17ClN2O4/c1-11-8-13(9-16(21)23-11)24-12-6-7-20(10-12)17(22)19-15-5-3-2-4-14(15)18/h2-5,8-9,12H,6-7,10H2,1H3,(H,19,22)/t12-/m0/s1. The topological polar surface area (TPSA) is 71.8 Å². The molecule has 1 saturated heterocycles. The second-order valence-electron chi connectivity index (χ2n) is 5.61. The molecule has 2 aromatic rings. The molecular formula is C17H17ClN2O4. The Hall–Kier alpha value is -2.47. The number of rotatable bonds is 3. The van der Waals surface area contributed by atoms with E-state index < -0.39 is 5.63 Å². The van der Waals surface area contributed by atoms with Gasteiger partial charge < -0.3 is 19.4 Å². The molecule has 1 aromatic heterocycles. The van der Waals surface area contributed by atoms with Gasteiger partial charge in [-0.2, -0.15) is 0 Å². The minimum Gasteiger partial charge on any atom is -0.488 e. The van der Waals surface area contributed by atoms with Crippen LogP contribution in [0.3, 0.4) is 0 Å². The Bertz CT molecular complexity index is 805. The van der Waals surface area contributed by atoms with Crippen molar-refractivity contribution < 1.29 is 13.9 Å². The van der Waals surface area contributed by atoms with Crippen molar-refractivity contribution in [2.24, 2.45) is 0 Å². The van der Waals surface area contributed by atoms with Crippen LogP contribution in [0.2, 0.25) is 5.02 Å². The maximum absolute atomic E-state index is 12.3. The highest BCUT2D eigenvalue weighted by molar-refractivity contribution is 6.33. The molecule has 0 saturated carbocycles. The molecule has 1 aliphatic rings. The van der Waals surface area contributed by atoms with E-state index in [1.807, 2.05) is 0 Å². The number of nitrogens with one attached hydrogen (secondary N) is 1. The van der Waals surface area contributed by atoms with Crippen LogP contribution in [0.15, 0.2) is 45.6 Å². The van der Waals surface area contributed by atoms with Gasteiger partial charge in [-0.05, 0) is 19.1 Å². The molecule has 7 heteroatoms. The van der Waals surface area contributed by atoms with Crippen LogP contribution in [-0.4, -0.2) is 30.1 Å². The largest absolute Gasteiger partial charge is 0.488 e. The van der Waals surface area contributed by atoms with E-state index in [2.05, 4.69) is 5.32 Å². The van der Waals surface area contributed by atoms with E-state index in [0.29, 0.717) is 41.7 Å². The molecule has 0 bridgehead atoms. The van der Waals surface area contributed by atoms with Gasteiger partial charge in [-0.15, -0.1) is 0 Å². The molecule has 1 fully saturated rings. The van der Waals surface area contributed by atoms with Gasteiger partial charge in [0.15, 0.2) is 0 Å². The average molecular weight is 349 g/mol. The van der Waals surface area contributed by atoms with Gasteiger partial charge >= 0.3 is 11.7 Å². The number of nitrogens with zero attached hydrogens (tertiary/aromatic N) is 1. The molecule has 24 heavy (non-hydrogen) atoms. The zero-order valence-electron chi connectivity index (χ0n) is 13.1. The van der Waals surface area contributed by atoms with Gasteiger partial charge in [0, 0.05) is 19.0 Å². The first-order chi connectivity index (χ1) is 11.5. The number of amides is 2. The Morgan fingerprint density at radius 3 is 2.92 bits per heavy atom. The molecule has 2 heterocycles. The summed E-state index contributed by atoms with van der Waals surface area (Å²) in [7, 11) is 0. The van der Waals surface area contributed by atoms with Crippen LogP contribution >= 0.6 is 11.6 Å². The number of likely N-dealkylation sites (tertiary alicyclic amines) is 1. The van der Waals surface area contributed by atoms with Crippen molar-refractivity contribution in [2.45, 2.75) is 19.4 Å². The summed E-state index contributed by atoms with van der Waals surface area (Å²) >= 11 is 6.04. The maximum atomic E-state index is 12.3. The molecule has 0 radical (unpaired) electrons. The number of para-hydroxylation sites is 1. The summed E-state index contributed by atoms with van der Waals surface area (Å²) in [4.78, 5) is 25.3. The fourth-order valence-corrected chi connectivity index (χ4v) is 2.78. The number of carbonyl (C=O) groups excluding carboxylic acids is 1. The van der Waals surface area contributed by atoms with Crippen molar-refractivity contribution in [1.29, 1.82) is 0 Å². The second kappa shape index (κ2) is 6.97. The predicted molar refractivity (Wildman–Crippen MR) is 90.8 cm³/mol.